The number of ether oxygens (including phenoxy) is 1. The Kier molecular flexibility index (Phi) is 5.97. The lowest BCUT2D eigenvalue weighted by Crippen LogP contribution is -2.54. The molecule has 25 heavy (non-hydrogen) atoms. The standard InChI is InChI=1S/C20H32N4O/c1-16-11-18(9-10-24(16)12-17-7-5-4-6-8-17)23-19(21-3)22-13-20(2)14-25-15-20/h4-8,16,18H,9-15H2,1-3H3,(H2,21,22,23). The predicted octanol–water partition coefficient (Wildman–Crippen LogP) is 2.24. The fourth-order valence-electron chi connectivity index (χ4n) is 3.64. The second-order valence-electron chi connectivity index (χ2n) is 7.90. The molecule has 1 aromatic carbocycles. The first-order chi connectivity index (χ1) is 12.1. The van der Waals surface area contributed by atoms with Gasteiger partial charge in [0.05, 0.1) is 13.2 Å². The summed E-state index contributed by atoms with van der Waals surface area (Å²) in [4.78, 5) is 6.98. The number of guanidine groups is 1. The van der Waals surface area contributed by atoms with Gasteiger partial charge in [0.2, 0.25) is 0 Å². The Morgan fingerprint density at radius 3 is 2.68 bits per heavy atom. The van der Waals surface area contributed by atoms with E-state index in [1.54, 1.807) is 0 Å². The van der Waals surface area contributed by atoms with Crippen LogP contribution in [0.4, 0.5) is 0 Å². The molecule has 0 saturated carbocycles. The summed E-state index contributed by atoms with van der Waals surface area (Å²) in [6.45, 7) is 9.34. The lowest BCUT2D eigenvalue weighted by atomic mass is 9.89. The van der Waals surface area contributed by atoms with Gasteiger partial charge in [0.15, 0.2) is 5.96 Å². The van der Waals surface area contributed by atoms with Crippen LogP contribution in [0.15, 0.2) is 35.3 Å². The Morgan fingerprint density at radius 1 is 1.32 bits per heavy atom. The molecule has 0 amide bonds. The smallest absolute Gasteiger partial charge is 0.191 e. The maximum atomic E-state index is 5.32. The van der Waals surface area contributed by atoms with E-state index < -0.39 is 0 Å². The Balaban J connectivity index is 1.45. The first-order valence-corrected chi connectivity index (χ1v) is 9.41. The molecule has 2 aliphatic rings. The summed E-state index contributed by atoms with van der Waals surface area (Å²) >= 11 is 0. The molecule has 2 fully saturated rings. The van der Waals surface area contributed by atoms with Gasteiger partial charge in [-0.2, -0.15) is 0 Å². The largest absolute Gasteiger partial charge is 0.380 e. The topological polar surface area (TPSA) is 48.9 Å². The summed E-state index contributed by atoms with van der Waals surface area (Å²) in [5.41, 5.74) is 1.65. The van der Waals surface area contributed by atoms with E-state index in [4.69, 9.17) is 4.74 Å². The van der Waals surface area contributed by atoms with Crippen molar-refractivity contribution in [1.82, 2.24) is 15.5 Å². The van der Waals surface area contributed by atoms with E-state index in [0.29, 0.717) is 12.1 Å². The van der Waals surface area contributed by atoms with Crippen LogP contribution >= 0.6 is 0 Å². The van der Waals surface area contributed by atoms with Crippen molar-refractivity contribution in [3.63, 3.8) is 0 Å². The Morgan fingerprint density at radius 2 is 2.08 bits per heavy atom. The third-order valence-corrected chi connectivity index (χ3v) is 5.39. The second-order valence-corrected chi connectivity index (χ2v) is 7.90. The minimum absolute atomic E-state index is 0.254. The molecular formula is C20H32N4O. The van der Waals surface area contributed by atoms with Crippen molar-refractivity contribution in [2.24, 2.45) is 10.4 Å². The van der Waals surface area contributed by atoms with E-state index in [-0.39, 0.29) is 5.41 Å². The van der Waals surface area contributed by atoms with Crippen LogP contribution in [0.3, 0.4) is 0 Å². The van der Waals surface area contributed by atoms with Crippen LogP contribution in [-0.2, 0) is 11.3 Å². The molecule has 2 saturated heterocycles. The highest BCUT2D eigenvalue weighted by Crippen LogP contribution is 2.25. The van der Waals surface area contributed by atoms with Gasteiger partial charge in [-0.25, -0.2) is 0 Å². The molecule has 0 radical (unpaired) electrons. The average Bonchev–Trinajstić information content (AvgIpc) is 2.60. The number of rotatable bonds is 5. The summed E-state index contributed by atoms with van der Waals surface area (Å²) in [7, 11) is 1.85. The third-order valence-electron chi connectivity index (χ3n) is 5.39. The second kappa shape index (κ2) is 8.19. The quantitative estimate of drug-likeness (QED) is 0.635. The summed E-state index contributed by atoms with van der Waals surface area (Å²) in [6.07, 6.45) is 2.30. The van der Waals surface area contributed by atoms with Crippen molar-refractivity contribution in [3.8, 4) is 0 Å². The number of hydrogen-bond acceptors (Lipinski definition) is 3. The van der Waals surface area contributed by atoms with Crippen LogP contribution in [0, 0.1) is 5.41 Å². The van der Waals surface area contributed by atoms with E-state index in [1.165, 1.54) is 5.56 Å². The monoisotopic (exact) mass is 344 g/mol. The van der Waals surface area contributed by atoms with Gasteiger partial charge in [-0.1, -0.05) is 37.3 Å². The summed E-state index contributed by atoms with van der Waals surface area (Å²) in [5, 5.41) is 7.08. The van der Waals surface area contributed by atoms with E-state index in [2.05, 4.69) is 64.7 Å². The van der Waals surface area contributed by atoms with Gasteiger partial charge < -0.3 is 15.4 Å². The molecule has 138 valence electrons. The van der Waals surface area contributed by atoms with Crippen molar-refractivity contribution in [2.75, 3.05) is 33.4 Å². The Hall–Kier alpha value is -1.59. The molecule has 2 N–H and O–H groups in total. The first-order valence-electron chi connectivity index (χ1n) is 9.41. The number of nitrogens with one attached hydrogen (secondary N) is 2. The molecule has 0 spiro atoms. The van der Waals surface area contributed by atoms with Gasteiger partial charge in [0.1, 0.15) is 0 Å². The number of piperidine rings is 1. The van der Waals surface area contributed by atoms with Crippen LogP contribution in [-0.4, -0.2) is 56.3 Å². The van der Waals surface area contributed by atoms with Gasteiger partial charge in [-0.15, -0.1) is 0 Å². The fourth-order valence-corrected chi connectivity index (χ4v) is 3.64. The lowest BCUT2D eigenvalue weighted by molar-refractivity contribution is -0.0971. The summed E-state index contributed by atoms with van der Waals surface area (Å²) < 4.78 is 5.32. The van der Waals surface area contributed by atoms with Crippen molar-refractivity contribution < 1.29 is 4.74 Å². The van der Waals surface area contributed by atoms with Crippen molar-refractivity contribution in [2.45, 2.75) is 45.3 Å². The van der Waals surface area contributed by atoms with Crippen molar-refractivity contribution in [1.29, 1.82) is 0 Å². The number of benzene rings is 1. The number of hydrogen-bond donors (Lipinski definition) is 2. The van der Waals surface area contributed by atoms with Crippen LogP contribution < -0.4 is 10.6 Å². The highest BCUT2D eigenvalue weighted by atomic mass is 16.5. The van der Waals surface area contributed by atoms with Crippen molar-refractivity contribution >= 4 is 5.96 Å². The number of likely N-dealkylation sites (tertiary alicyclic amines) is 1. The third kappa shape index (κ3) is 4.95. The molecular weight excluding hydrogens is 312 g/mol. The van der Waals surface area contributed by atoms with E-state index in [1.807, 2.05) is 7.05 Å². The Bertz CT molecular complexity index is 570. The highest BCUT2D eigenvalue weighted by Gasteiger charge is 2.33. The molecule has 2 heterocycles. The first kappa shape index (κ1) is 18.2. The zero-order valence-corrected chi connectivity index (χ0v) is 15.8. The maximum Gasteiger partial charge on any atom is 0.191 e. The van der Waals surface area contributed by atoms with Gasteiger partial charge in [-0.3, -0.25) is 9.89 Å². The molecule has 5 heteroatoms. The molecule has 2 unspecified atom stereocenters. The van der Waals surface area contributed by atoms with Crippen LogP contribution in [0.1, 0.15) is 32.3 Å². The minimum atomic E-state index is 0.254. The zero-order chi connectivity index (χ0) is 17.7. The van der Waals surface area contributed by atoms with Crippen LogP contribution in [0.2, 0.25) is 0 Å². The molecule has 5 nitrogen and oxygen atoms in total. The van der Waals surface area contributed by atoms with E-state index >= 15 is 0 Å². The predicted molar refractivity (Wildman–Crippen MR) is 103 cm³/mol. The summed E-state index contributed by atoms with van der Waals surface area (Å²) in [5.74, 6) is 0.918. The molecule has 1 aromatic rings. The van der Waals surface area contributed by atoms with Crippen molar-refractivity contribution in [3.05, 3.63) is 35.9 Å². The highest BCUT2D eigenvalue weighted by molar-refractivity contribution is 5.80. The number of nitrogens with zero attached hydrogens (tertiary/aromatic N) is 2. The number of aliphatic imine (C=N–C) groups is 1. The molecule has 0 bridgehead atoms. The van der Waals surface area contributed by atoms with Gasteiger partial charge >= 0.3 is 0 Å². The van der Waals surface area contributed by atoms with Gasteiger partial charge in [0, 0.05) is 44.2 Å². The molecule has 3 rings (SSSR count). The van der Waals surface area contributed by atoms with Gasteiger partial charge in [-0.05, 0) is 25.3 Å². The zero-order valence-electron chi connectivity index (χ0n) is 15.8. The van der Waals surface area contributed by atoms with E-state index in [0.717, 1.165) is 51.6 Å². The normalized spacial score (nSPS) is 26.8. The lowest BCUT2D eigenvalue weighted by Gasteiger charge is -2.40. The van der Waals surface area contributed by atoms with Gasteiger partial charge in [0.25, 0.3) is 0 Å². The molecule has 2 atom stereocenters. The minimum Gasteiger partial charge on any atom is -0.380 e. The van der Waals surface area contributed by atoms with Crippen LogP contribution in [0.5, 0.6) is 0 Å². The SMILES string of the molecule is CN=C(NCC1(C)COC1)NC1CCN(Cc2ccccc2)C(C)C1. The molecule has 0 aromatic heterocycles. The fraction of sp³-hybridized carbons (Fsp3) is 0.650. The van der Waals surface area contributed by atoms with E-state index in [9.17, 15) is 0 Å². The Labute approximate surface area is 151 Å². The molecule has 0 aliphatic carbocycles. The van der Waals surface area contributed by atoms with Crippen LogP contribution in [0.25, 0.3) is 0 Å². The summed E-state index contributed by atoms with van der Waals surface area (Å²) in [6, 6.07) is 11.8. The molecule has 2 aliphatic heterocycles. The maximum absolute atomic E-state index is 5.32. The average molecular weight is 345 g/mol.